The molecule has 0 fully saturated rings. The molecule has 34 heavy (non-hydrogen) atoms. The molecule has 0 aliphatic carbocycles. The smallest absolute Gasteiger partial charge is 0.244 e. The number of benzene rings is 2. The van der Waals surface area contributed by atoms with Gasteiger partial charge in [0, 0.05) is 19.2 Å². The number of nitrogens with one attached hydrogen (secondary N) is 2. The number of hydrogen-bond acceptors (Lipinski definition) is 4. The van der Waals surface area contributed by atoms with Crippen LogP contribution >= 0.6 is 0 Å². The van der Waals surface area contributed by atoms with Crippen molar-refractivity contribution in [3.8, 4) is 12.3 Å². The van der Waals surface area contributed by atoms with Crippen LogP contribution < -0.4 is 10.0 Å². The number of terminal acetylenes is 1. The fourth-order valence-electron chi connectivity index (χ4n) is 3.31. The first-order valence-corrected chi connectivity index (χ1v) is 12.6. The van der Waals surface area contributed by atoms with Crippen LogP contribution in [0.5, 0.6) is 0 Å². The van der Waals surface area contributed by atoms with Crippen LogP contribution in [0.3, 0.4) is 0 Å². The largest absolute Gasteiger partial charge is 0.348 e. The van der Waals surface area contributed by atoms with E-state index in [4.69, 9.17) is 6.42 Å². The molecule has 0 aliphatic heterocycles. The van der Waals surface area contributed by atoms with E-state index in [1.165, 1.54) is 12.1 Å². The lowest BCUT2D eigenvalue weighted by Crippen LogP contribution is -2.23. The van der Waals surface area contributed by atoms with Gasteiger partial charge in [-0.3, -0.25) is 14.4 Å². The Morgan fingerprint density at radius 1 is 1.18 bits per heavy atom. The number of carbonyl (C=O) groups is 1. The summed E-state index contributed by atoms with van der Waals surface area (Å²) in [5, 5.41) is 2.65. The predicted molar refractivity (Wildman–Crippen MR) is 132 cm³/mol. The molecule has 2 aromatic rings. The standard InChI is InChI=1S/C25H29F2N3O3S/c1-5-20-13-19(14-23(27)25(20)29-34(4,32)33)16-28-24(31)11-10-21-9-8-18(15-26)12-22(21)17-30(6-2)7-3/h1,8-14,29H,6-7,15-17H2,2-4H3,(H,28,31)/b11-10+. The Bertz CT molecular complexity index is 1200. The third-order valence-electron chi connectivity index (χ3n) is 5.12. The van der Waals surface area contributed by atoms with Crippen LogP contribution in [-0.2, 0) is 34.6 Å². The number of amides is 1. The van der Waals surface area contributed by atoms with Crippen LogP contribution in [0, 0.1) is 18.2 Å². The Morgan fingerprint density at radius 3 is 2.47 bits per heavy atom. The molecule has 0 unspecified atom stereocenters. The predicted octanol–water partition coefficient (Wildman–Crippen LogP) is 3.82. The van der Waals surface area contributed by atoms with E-state index in [0.29, 0.717) is 17.7 Å². The highest BCUT2D eigenvalue weighted by atomic mass is 32.2. The maximum Gasteiger partial charge on any atom is 0.244 e. The zero-order valence-corrected chi connectivity index (χ0v) is 20.3. The van der Waals surface area contributed by atoms with E-state index in [2.05, 4.69) is 20.9 Å². The molecule has 2 N–H and O–H groups in total. The molecule has 0 radical (unpaired) electrons. The second-order valence-corrected chi connectivity index (χ2v) is 9.45. The topological polar surface area (TPSA) is 78.5 Å². The molecule has 0 atom stereocenters. The molecule has 9 heteroatoms. The molecule has 2 rings (SSSR count). The van der Waals surface area contributed by atoms with Crippen LogP contribution in [-0.4, -0.2) is 38.6 Å². The zero-order valence-electron chi connectivity index (χ0n) is 19.5. The number of hydrogen-bond donors (Lipinski definition) is 2. The van der Waals surface area contributed by atoms with Gasteiger partial charge in [-0.2, -0.15) is 0 Å². The van der Waals surface area contributed by atoms with E-state index in [1.807, 2.05) is 13.8 Å². The number of anilines is 1. The van der Waals surface area contributed by atoms with Crippen LogP contribution in [0.1, 0.15) is 41.7 Å². The van der Waals surface area contributed by atoms with E-state index < -0.39 is 28.4 Å². The zero-order chi connectivity index (χ0) is 25.3. The number of nitrogens with zero attached hydrogens (tertiary/aromatic N) is 1. The summed E-state index contributed by atoms with van der Waals surface area (Å²) in [6.07, 6.45) is 9.29. The molecular formula is C25H29F2N3O3S. The average Bonchev–Trinajstić information content (AvgIpc) is 2.80. The van der Waals surface area contributed by atoms with Crippen molar-refractivity contribution in [2.24, 2.45) is 0 Å². The van der Waals surface area contributed by atoms with Crippen molar-refractivity contribution in [3.05, 3.63) is 70.0 Å². The van der Waals surface area contributed by atoms with Gasteiger partial charge in [0.1, 0.15) is 12.5 Å². The highest BCUT2D eigenvalue weighted by Crippen LogP contribution is 2.23. The van der Waals surface area contributed by atoms with E-state index in [9.17, 15) is 22.0 Å². The number of halogens is 2. The molecule has 0 saturated carbocycles. The summed E-state index contributed by atoms with van der Waals surface area (Å²) in [4.78, 5) is 14.5. The minimum Gasteiger partial charge on any atom is -0.348 e. The van der Waals surface area contributed by atoms with Crippen LogP contribution in [0.25, 0.3) is 6.08 Å². The summed E-state index contributed by atoms with van der Waals surface area (Å²) in [7, 11) is -3.71. The highest BCUT2D eigenvalue weighted by Gasteiger charge is 2.14. The second-order valence-electron chi connectivity index (χ2n) is 7.70. The van der Waals surface area contributed by atoms with Gasteiger partial charge in [-0.1, -0.05) is 38.0 Å². The molecule has 0 bridgehead atoms. The van der Waals surface area contributed by atoms with Crippen LogP contribution in [0.2, 0.25) is 0 Å². The fraction of sp³-hybridized carbons (Fsp3) is 0.320. The van der Waals surface area contributed by atoms with Crippen molar-refractivity contribution in [1.29, 1.82) is 0 Å². The minimum absolute atomic E-state index is 0.0129. The summed E-state index contributed by atoms with van der Waals surface area (Å²) < 4.78 is 52.5. The van der Waals surface area contributed by atoms with Gasteiger partial charge in [-0.05, 0) is 53.6 Å². The summed E-state index contributed by atoms with van der Waals surface area (Å²) in [6.45, 7) is 5.83. The molecule has 1 amide bonds. The normalized spacial score (nSPS) is 11.6. The lowest BCUT2D eigenvalue weighted by molar-refractivity contribution is -0.116. The maximum absolute atomic E-state index is 14.4. The highest BCUT2D eigenvalue weighted by molar-refractivity contribution is 7.92. The molecule has 0 aromatic heterocycles. The van der Waals surface area contributed by atoms with Gasteiger partial charge in [0.2, 0.25) is 15.9 Å². The fourth-order valence-corrected chi connectivity index (χ4v) is 3.89. The molecule has 2 aromatic carbocycles. The van der Waals surface area contributed by atoms with Crippen molar-refractivity contribution < 1.29 is 22.0 Å². The van der Waals surface area contributed by atoms with Gasteiger partial charge in [0.05, 0.1) is 17.5 Å². The Labute approximate surface area is 200 Å². The average molecular weight is 490 g/mol. The van der Waals surface area contributed by atoms with Crippen LogP contribution in [0.15, 0.2) is 36.4 Å². The number of rotatable bonds is 11. The first kappa shape index (κ1) is 27.0. The van der Waals surface area contributed by atoms with Crippen molar-refractivity contribution >= 4 is 27.7 Å². The summed E-state index contributed by atoms with van der Waals surface area (Å²) in [5.74, 6) is 0.999. The monoisotopic (exact) mass is 489 g/mol. The molecule has 0 aliphatic rings. The van der Waals surface area contributed by atoms with Gasteiger partial charge in [-0.25, -0.2) is 17.2 Å². The first-order chi connectivity index (χ1) is 16.1. The van der Waals surface area contributed by atoms with Crippen molar-refractivity contribution in [2.45, 2.75) is 33.6 Å². The van der Waals surface area contributed by atoms with Gasteiger partial charge in [-0.15, -0.1) is 6.42 Å². The van der Waals surface area contributed by atoms with E-state index in [0.717, 1.165) is 36.5 Å². The quantitative estimate of drug-likeness (QED) is 0.372. The van der Waals surface area contributed by atoms with Crippen molar-refractivity contribution in [1.82, 2.24) is 10.2 Å². The molecule has 0 heterocycles. The summed E-state index contributed by atoms with van der Waals surface area (Å²) in [6, 6.07) is 7.79. The lowest BCUT2D eigenvalue weighted by atomic mass is 10.0. The van der Waals surface area contributed by atoms with E-state index in [1.54, 1.807) is 24.3 Å². The Morgan fingerprint density at radius 2 is 1.88 bits per heavy atom. The number of carbonyl (C=O) groups excluding carboxylic acids is 1. The number of sulfonamides is 1. The van der Waals surface area contributed by atoms with Gasteiger partial charge in [0.25, 0.3) is 0 Å². The van der Waals surface area contributed by atoms with Gasteiger partial charge >= 0.3 is 0 Å². The molecule has 182 valence electrons. The summed E-state index contributed by atoms with van der Waals surface area (Å²) in [5.41, 5.74) is 2.38. The SMILES string of the molecule is C#Cc1cc(CNC(=O)/C=C/c2ccc(CF)cc2CN(CC)CC)cc(F)c1NS(C)(=O)=O. The number of alkyl halides is 1. The first-order valence-electron chi connectivity index (χ1n) is 10.7. The van der Waals surface area contributed by atoms with Crippen molar-refractivity contribution in [2.75, 3.05) is 24.1 Å². The van der Waals surface area contributed by atoms with E-state index >= 15 is 0 Å². The lowest BCUT2D eigenvalue weighted by Gasteiger charge is -2.20. The van der Waals surface area contributed by atoms with E-state index in [-0.39, 0.29) is 17.8 Å². The van der Waals surface area contributed by atoms with Gasteiger partial charge < -0.3 is 5.32 Å². The molecule has 0 spiro atoms. The van der Waals surface area contributed by atoms with Crippen LogP contribution in [0.4, 0.5) is 14.5 Å². The maximum atomic E-state index is 14.4. The Kier molecular flexibility index (Phi) is 9.78. The van der Waals surface area contributed by atoms with Gasteiger partial charge in [0.15, 0.2) is 0 Å². The molecule has 6 nitrogen and oxygen atoms in total. The third kappa shape index (κ3) is 7.97. The van der Waals surface area contributed by atoms with Crippen molar-refractivity contribution in [3.63, 3.8) is 0 Å². The molecule has 0 saturated heterocycles. The Hall–Kier alpha value is -3.22. The minimum atomic E-state index is -3.71. The Balaban J connectivity index is 2.14. The summed E-state index contributed by atoms with van der Waals surface area (Å²) >= 11 is 0. The third-order valence-corrected chi connectivity index (χ3v) is 5.70. The molecular weight excluding hydrogens is 460 g/mol. The second kappa shape index (κ2) is 12.3.